The molecule has 1 aliphatic heterocycles. The van der Waals surface area contributed by atoms with Gasteiger partial charge >= 0.3 is 5.97 Å². The molecule has 1 aromatic rings. The Balaban J connectivity index is 2.32. The molecule has 2 rings (SSSR count). The van der Waals surface area contributed by atoms with Crippen molar-refractivity contribution in [3.63, 3.8) is 0 Å². The minimum absolute atomic E-state index is 0.0565. The molecule has 1 aromatic carbocycles. The lowest BCUT2D eigenvalue weighted by atomic mass is 9.69. The summed E-state index contributed by atoms with van der Waals surface area (Å²) in [4.78, 5) is 10.8. The van der Waals surface area contributed by atoms with Crippen LogP contribution >= 0.6 is 0 Å². The maximum absolute atomic E-state index is 10.8. The highest BCUT2D eigenvalue weighted by Gasteiger charge is 2.48. The van der Waals surface area contributed by atoms with Crippen molar-refractivity contribution in [2.45, 2.75) is 44.6 Å². The summed E-state index contributed by atoms with van der Waals surface area (Å²) in [6, 6.07) is 8.22. The molecule has 1 heterocycles. The van der Waals surface area contributed by atoms with Crippen LogP contribution in [0, 0.1) is 0 Å². The second-order valence-corrected chi connectivity index (χ2v) is 5.52. The lowest BCUT2D eigenvalue weighted by Gasteiger charge is -2.38. The van der Waals surface area contributed by atoms with Gasteiger partial charge in [0.1, 0.15) is 0 Å². The Morgan fingerprint density at radius 2 is 1.94 bits per heavy atom. The summed E-state index contributed by atoms with van der Waals surface area (Å²) in [7, 11) is 0. The fraction of sp³-hybridized carbons (Fsp3) is 0.500. The van der Waals surface area contributed by atoms with Gasteiger partial charge in [-0.25, -0.2) is 0 Å². The van der Waals surface area contributed by atoms with Gasteiger partial charge in [0.15, 0.2) is 0 Å². The predicted octanol–water partition coefficient (Wildman–Crippen LogP) is 3.01. The molecule has 0 aromatic heterocycles. The molecule has 0 spiro atoms. The summed E-state index contributed by atoms with van der Waals surface area (Å²) in [6.07, 6.45) is 0.824. The molecule has 1 aliphatic rings. The zero-order valence-electron chi connectivity index (χ0n) is 10.6. The Morgan fingerprint density at radius 3 is 2.53 bits per heavy atom. The summed E-state index contributed by atoms with van der Waals surface area (Å²) >= 11 is 0. The number of anilines is 1. The van der Waals surface area contributed by atoms with Crippen LogP contribution in [-0.2, 0) is 10.2 Å². The fourth-order valence-corrected chi connectivity index (χ4v) is 2.62. The molecule has 0 fully saturated rings. The molecule has 92 valence electrons. The Kier molecular flexibility index (Phi) is 2.64. The zero-order valence-corrected chi connectivity index (χ0v) is 10.6. The number of hydrogen-bond acceptors (Lipinski definition) is 2. The van der Waals surface area contributed by atoms with Crippen molar-refractivity contribution in [3.05, 3.63) is 29.8 Å². The molecule has 2 N–H and O–H groups in total. The Hall–Kier alpha value is -1.51. The Bertz CT molecular complexity index is 453. The van der Waals surface area contributed by atoms with E-state index in [9.17, 15) is 4.79 Å². The van der Waals surface area contributed by atoms with Gasteiger partial charge in [-0.1, -0.05) is 32.0 Å². The number of aliphatic carboxylic acids is 1. The summed E-state index contributed by atoms with van der Waals surface area (Å²) in [5.41, 5.74) is 2.15. The number of nitrogens with one attached hydrogen (secondary N) is 1. The average Bonchev–Trinajstić information content (AvgIpc) is 2.46. The molecule has 1 atom stereocenters. The lowest BCUT2D eigenvalue weighted by Crippen LogP contribution is -2.46. The molecular weight excluding hydrogens is 214 g/mol. The third kappa shape index (κ3) is 1.79. The third-order valence-electron chi connectivity index (χ3n) is 4.23. The number of hydrogen-bond donors (Lipinski definition) is 2. The van der Waals surface area contributed by atoms with E-state index in [0.717, 1.165) is 5.69 Å². The van der Waals surface area contributed by atoms with Crippen molar-refractivity contribution in [1.29, 1.82) is 0 Å². The van der Waals surface area contributed by atoms with Gasteiger partial charge in [-0.05, 0) is 25.0 Å². The van der Waals surface area contributed by atoms with Gasteiger partial charge in [0.05, 0.1) is 0 Å². The normalized spacial score (nSPS) is 25.1. The van der Waals surface area contributed by atoms with Gasteiger partial charge < -0.3 is 10.4 Å². The molecular formula is C14H19NO2. The fourth-order valence-electron chi connectivity index (χ4n) is 2.62. The van der Waals surface area contributed by atoms with Crippen LogP contribution < -0.4 is 5.32 Å². The van der Waals surface area contributed by atoms with Crippen molar-refractivity contribution in [3.8, 4) is 0 Å². The van der Waals surface area contributed by atoms with Crippen molar-refractivity contribution >= 4 is 11.7 Å². The minimum atomic E-state index is -0.736. The van der Waals surface area contributed by atoms with E-state index in [0.29, 0.717) is 6.42 Å². The van der Waals surface area contributed by atoms with Crippen LogP contribution in [0.1, 0.15) is 39.2 Å². The van der Waals surface area contributed by atoms with E-state index in [4.69, 9.17) is 5.11 Å². The summed E-state index contributed by atoms with van der Waals surface area (Å²) in [5, 5.41) is 12.3. The van der Waals surface area contributed by atoms with E-state index >= 15 is 0 Å². The minimum Gasteiger partial charge on any atom is -0.481 e. The molecule has 0 aliphatic carbocycles. The second-order valence-electron chi connectivity index (χ2n) is 5.52. The van der Waals surface area contributed by atoms with Gasteiger partial charge in [-0.15, -0.1) is 0 Å². The van der Waals surface area contributed by atoms with Crippen LogP contribution in [0.5, 0.6) is 0 Å². The van der Waals surface area contributed by atoms with E-state index < -0.39 is 5.97 Å². The first-order valence-corrected chi connectivity index (χ1v) is 5.96. The van der Waals surface area contributed by atoms with Gasteiger partial charge in [-0.2, -0.15) is 0 Å². The van der Waals surface area contributed by atoms with Crippen molar-refractivity contribution in [1.82, 2.24) is 0 Å². The van der Waals surface area contributed by atoms with Crippen molar-refractivity contribution in [2.75, 3.05) is 5.32 Å². The third-order valence-corrected chi connectivity index (χ3v) is 4.23. The van der Waals surface area contributed by atoms with Crippen LogP contribution in [0.4, 0.5) is 5.69 Å². The van der Waals surface area contributed by atoms with Gasteiger partial charge in [0.2, 0.25) is 0 Å². The van der Waals surface area contributed by atoms with Crippen LogP contribution in [0.25, 0.3) is 0 Å². The monoisotopic (exact) mass is 233 g/mol. The van der Waals surface area contributed by atoms with Gasteiger partial charge in [0, 0.05) is 23.1 Å². The first kappa shape index (κ1) is 12.0. The first-order chi connectivity index (χ1) is 7.87. The smallest absolute Gasteiger partial charge is 0.303 e. The summed E-state index contributed by atoms with van der Waals surface area (Å²) < 4.78 is 0. The molecule has 1 unspecified atom stereocenters. The Morgan fingerprint density at radius 1 is 1.29 bits per heavy atom. The number of carboxylic acid groups (broad SMARTS) is 1. The molecule has 0 saturated carbocycles. The zero-order chi connectivity index (χ0) is 12.7. The number of rotatable bonds is 3. The van der Waals surface area contributed by atoms with Gasteiger partial charge in [0.25, 0.3) is 0 Å². The molecule has 3 heteroatoms. The molecule has 0 amide bonds. The van der Waals surface area contributed by atoms with Crippen LogP contribution in [0.15, 0.2) is 24.3 Å². The van der Waals surface area contributed by atoms with E-state index in [1.54, 1.807) is 0 Å². The highest BCUT2D eigenvalue weighted by molar-refractivity contribution is 5.68. The summed E-state index contributed by atoms with van der Waals surface area (Å²) in [5.74, 6) is -0.736. The maximum atomic E-state index is 10.8. The maximum Gasteiger partial charge on any atom is 0.303 e. The first-order valence-electron chi connectivity index (χ1n) is 5.96. The largest absolute Gasteiger partial charge is 0.481 e. The van der Waals surface area contributed by atoms with Crippen LogP contribution in [0.2, 0.25) is 0 Å². The van der Waals surface area contributed by atoms with E-state index in [-0.39, 0.29) is 17.4 Å². The number of para-hydroxylation sites is 1. The molecule has 17 heavy (non-hydrogen) atoms. The number of benzene rings is 1. The number of carbonyl (C=O) groups is 1. The lowest BCUT2D eigenvalue weighted by molar-refractivity contribution is -0.137. The summed E-state index contributed by atoms with van der Waals surface area (Å²) in [6.45, 7) is 6.46. The SMILES string of the molecule is CC1(CCC(=O)O)Nc2ccccc2C1(C)C. The number of fused-ring (bicyclic) bond motifs is 1. The van der Waals surface area contributed by atoms with Crippen molar-refractivity contribution in [2.24, 2.45) is 0 Å². The van der Waals surface area contributed by atoms with E-state index in [1.807, 2.05) is 12.1 Å². The van der Waals surface area contributed by atoms with E-state index in [2.05, 4.69) is 38.2 Å². The van der Waals surface area contributed by atoms with Crippen molar-refractivity contribution < 1.29 is 9.90 Å². The van der Waals surface area contributed by atoms with E-state index in [1.165, 1.54) is 5.56 Å². The number of carboxylic acids is 1. The highest BCUT2D eigenvalue weighted by atomic mass is 16.4. The molecule has 0 radical (unpaired) electrons. The topological polar surface area (TPSA) is 49.3 Å². The highest BCUT2D eigenvalue weighted by Crippen LogP contribution is 2.48. The average molecular weight is 233 g/mol. The standard InChI is InChI=1S/C14H19NO2/c1-13(2)10-6-4-5-7-11(10)15-14(13,3)9-8-12(16)17/h4-7,15H,8-9H2,1-3H3,(H,16,17). The Labute approximate surface area is 102 Å². The molecule has 0 saturated heterocycles. The predicted molar refractivity (Wildman–Crippen MR) is 68.4 cm³/mol. The molecule has 0 bridgehead atoms. The van der Waals surface area contributed by atoms with Crippen LogP contribution in [0.3, 0.4) is 0 Å². The quantitative estimate of drug-likeness (QED) is 0.843. The van der Waals surface area contributed by atoms with Crippen LogP contribution in [-0.4, -0.2) is 16.6 Å². The van der Waals surface area contributed by atoms with Gasteiger partial charge in [-0.3, -0.25) is 4.79 Å². The second kappa shape index (κ2) is 3.76. The molecule has 3 nitrogen and oxygen atoms in total.